The molecule has 0 saturated heterocycles. The lowest BCUT2D eigenvalue weighted by atomic mass is 9.44. The van der Waals surface area contributed by atoms with Crippen LogP contribution in [-0.2, 0) is 14.3 Å². The van der Waals surface area contributed by atoms with Gasteiger partial charge in [0.15, 0.2) is 0 Å². The largest absolute Gasteiger partial charge is 0.368 e. The van der Waals surface area contributed by atoms with Crippen molar-refractivity contribution in [3.8, 4) is 0 Å². The van der Waals surface area contributed by atoms with E-state index in [1.54, 1.807) is 0 Å². The van der Waals surface area contributed by atoms with E-state index in [1.165, 1.54) is 70.6 Å². The van der Waals surface area contributed by atoms with Gasteiger partial charge in [-0.1, -0.05) is 70.6 Å². The number of carbonyl (C=O) groups is 2. The monoisotopic (exact) mass is 418 g/mol. The Morgan fingerprint density at radius 2 is 1.13 bits per heavy atom. The highest BCUT2D eigenvalue weighted by Gasteiger charge is 2.69. The highest BCUT2D eigenvalue weighted by atomic mass is 16.5. The van der Waals surface area contributed by atoms with E-state index >= 15 is 0 Å². The van der Waals surface area contributed by atoms with Crippen molar-refractivity contribution < 1.29 is 14.3 Å². The molecule has 5 nitrogen and oxygen atoms in total. The number of amides is 2. The fraction of sp³-hybridized carbons (Fsp3) is 0.920. The molecule has 5 rings (SSSR count). The second-order valence-corrected chi connectivity index (χ2v) is 10.8. The van der Waals surface area contributed by atoms with Gasteiger partial charge >= 0.3 is 0 Å². The summed E-state index contributed by atoms with van der Waals surface area (Å²) in [6.45, 7) is 0.188. The number of carbonyl (C=O) groups excluding carboxylic acids is 2. The standard InChI is InChI=1S/C25H42N2O3/c28-22(16-30-21-14-10-6-1-2-7-11-15-21)26-24-17-25(18-24,19-24)27-23(29)20-12-8-4-3-5-9-13-20/h20-21H,1-19H2,(H,26,28)(H,27,29). The lowest BCUT2D eigenvalue weighted by Gasteiger charge is -2.70. The van der Waals surface area contributed by atoms with Crippen LogP contribution >= 0.6 is 0 Å². The summed E-state index contributed by atoms with van der Waals surface area (Å²) in [7, 11) is 0. The molecule has 0 atom stereocenters. The van der Waals surface area contributed by atoms with Gasteiger partial charge in [-0.2, -0.15) is 0 Å². The van der Waals surface area contributed by atoms with Crippen LogP contribution in [0.1, 0.15) is 116 Å². The van der Waals surface area contributed by atoms with Crippen LogP contribution in [-0.4, -0.2) is 35.6 Å². The van der Waals surface area contributed by atoms with Crippen LogP contribution in [0, 0.1) is 5.92 Å². The minimum absolute atomic E-state index is 0.0227. The maximum absolute atomic E-state index is 12.8. The second-order valence-electron chi connectivity index (χ2n) is 10.8. The summed E-state index contributed by atoms with van der Waals surface area (Å²) in [6.07, 6.45) is 21.2. The van der Waals surface area contributed by atoms with Crippen molar-refractivity contribution in [2.24, 2.45) is 5.92 Å². The van der Waals surface area contributed by atoms with Gasteiger partial charge in [0.1, 0.15) is 6.61 Å². The number of rotatable bonds is 6. The normalized spacial score (nSPS) is 33.5. The number of ether oxygens (including phenoxy) is 1. The van der Waals surface area contributed by atoms with Crippen LogP contribution in [0.15, 0.2) is 0 Å². The predicted molar refractivity (Wildman–Crippen MR) is 118 cm³/mol. The molecule has 2 N–H and O–H groups in total. The quantitative estimate of drug-likeness (QED) is 0.653. The van der Waals surface area contributed by atoms with Gasteiger partial charge in [-0.15, -0.1) is 0 Å². The maximum Gasteiger partial charge on any atom is 0.246 e. The summed E-state index contributed by atoms with van der Waals surface area (Å²) in [5, 5.41) is 6.57. The SMILES string of the molecule is O=C(COC1CCCCCCCC1)NC12CC(NC(=O)C3CCCCCCC3)(C1)C2. The molecule has 0 aliphatic heterocycles. The molecule has 5 saturated carbocycles. The summed E-state index contributed by atoms with van der Waals surface area (Å²) in [5.74, 6) is 0.487. The Morgan fingerprint density at radius 3 is 1.70 bits per heavy atom. The van der Waals surface area contributed by atoms with Crippen molar-refractivity contribution in [1.29, 1.82) is 0 Å². The third-order valence-corrected chi connectivity index (χ3v) is 8.05. The molecule has 5 aliphatic rings. The Labute approximate surface area is 182 Å². The Bertz CT molecular complexity index is 567. The zero-order valence-corrected chi connectivity index (χ0v) is 18.8. The molecule has 170 valence electrons. The van der Waals surface area contributed by atoms with Crippen molar-refractivity contribution in [2.75, 3.05) is 6.61 Å². The topological polar surface area (TPSA) is 67.4 Å². The average molecular weight is 419 g/mol. The number of hydrogen-bond donors (Lipinski definition) is 2. The third kappa shape index (κ3) is 5.57. The van der Waals surface area contributed by atoms with Crippen LogP contribution in [0.4, 0.5) is 0 Å². The lowest BCUT2D eigenvalue weighted by Crippen LogP contribution is -2.84. The van der Waals surface area contributed by atoms with Crippen molar-refractivity contribution in [3.05, 3.63) is 0 Å². The summed E-state index contributed by atoms with van der Waals surface area (Å²) >= 11 is 0. The van der Waals surface area contributed by atoms with E-state index in [0.717, 1.165) is 44.9 Å². The Hall–Kier alpha value is -1.10. The molecular formula is C25H42N2O3. The first-order valence-electron chi connectivity index (χ1n) is 12.8. The molecule has 2 amide bonds. The van der Waals surface area contributed by atoms with Crippen molar-refractivity contribution >= 4 is 11.8 Å². The predicted octanol–water partition coefficient (Wildman–Crippen LogP) is 4.77. The van der Waals surface area contributed by atoms with Crippen molar-refractivity contribution in [2.45, 2.75) is 133 Å². The maximum atomic E-state index is 12.8. The zero-order valence-electron chi connectivity index (χ0n) is 18.8. The van der Waals surface area contributed by atoms with Crippen LogP contribution in [0.2, 0.25) is 0 Å². The van der Waals surface area contributed by atoms with Gasteiger partial charge < -0.3 is 15.4 Å². The van der Waals surface area contributed by atoms with E-state index in [0.29, 0.717) is 0 Å². The van der Waals surface area contributed by atoms with Crippen LogP contribution < -0.4 is 10.6 Å². The minimum Gasteiger partial charge on any atom is -0.368 e. The van der Waals surface area contributed by atoms with Gasteiger partial charge in [-0.05, 0) is 44.9 Å². The first-order valence-corrected chi connectivity index (χ1v) is 12.8. The molecule has 0 radical (unpaired) electrons. The summed E-state index contributed by atoms with van der Waals surface area (Å²) < 4.78 is 5.98. The first kappa shape index (κ1) is 22.1. The molecule has 5 fully saturated rings. The highest BCUT2D eigenvalue weighted by molar-refractivity contribution is 5.82. The highest BCUT2D eigenvalue weighted by Crippen LogP contribution is 2.60. The molecule has 0 aromatic carbocycles. The van der Waals surface area contributed by atoms with Gasteiger partial charge in [-0.25, -0.2) is 0 Å². The molecule has 5 heteroatoms. The van der Waals surface area contributed by atoms with Gasteiger partial charge in [0.05, 0.1) is 6.10 Å². The van der Waals surface area contributed by atoms with E-state index in [4.69, 9.17) is 4.74 Å². The Kier molecular flexibility index (Phi) is 7.38. The van der Waals surface area contributed by atoms with E-state index in [9.17, 15) is 9.59 Å². The average Bonchev–Trinajstić information content (AvgIpc) is 2.77. The van der Waals surface area contributed by atoms with Crippen LogP contribution in [0.5, 0.6) is 0 Å². The fourth-order valence-electron chi connectivity index (χ4n) is 6.42. The summed E-state index contributed by atoms with van der Waals surface area (Å²) in [5.41, 5.74) is -0.113. The molecule has 30 heavy (non-hydrogen) atoms. The Morgan fingerprint density at radius 1 is 0.667 bits per heavy atom. The van der Waals surface area contributed by atoms with Gasteiger partial charge in [0, 0.05) is 17.0 Å². The summed E-state index contributed by atoms with van der Waals surface area (Å²) in [6, 6.07) is 0. The van der Waals surface area contributed by atoms with E-state index in [1.807, 2.05) is 0 Å². The molecule has 0 unspecified atom stereocenters. The molecule has 0 aromatic heterocycles. The van der Waals surface area contributed by atoms with Crippen LogP contribution in [0.25, 0.3) is 0 Å². The van der Waals surface area contributed by atoms with Crippen LogP contribution in [0.3, 0.4) is 0 Å². The van der Waals surface area contributed by atoms with E-state index in [2.05, 4.69) is 10.6 Å². The smallest absolute Gasteiger partial charge is 0.246 e. The van der Waals surface area contributed by atoms with Gasteiger partial charge in [0.25, 0.3) is 0 Å². The Balaban J connectivity index is 1.14. The molecule has 0 spiro atoms. The lowest BCUT2D eigenvalue weighted by molar-refractivity contribution is -0.154. The van der Waals surface area contributed by atoms with E-state index in [-0.39, 0.29) is 41.5 Å². The molecule has 0 aromatic rings. The molecular weight excluding hydrogens is 376 g/mol. The van der Waals surface area contributed by atoms with Gasteiger partial charge in [0.2, 0.25) is 11.8 Å². The van der Waals surface area contributed by atoms with Gasteiger partial charge in [-0.3, -0.25) is 9.59 Å². The fourth-order valence-corrected chi connectivity index (χ4v) is 6.42. The molecule has 2 bridgehead atoms. The van der Waals surface area contributed by atoms with Crippen molar-refractivity contribution in [1.82, 2.24) is 10.6 Å². The molecule has 0 heterocycles. The third-order valence-electron chi connectivity index (χ3n) is 8.05. The molecule has 5 aliphatic carbocycles. The van der Waals surface area contributed by atoms with E-state index < -0.39 is 0 Å². The minimum atomic E-state index is -0.0763. The second kappa shape index (κ2) is 10.0. The number of hydrogen-bond acceptors (Lipinski definition) is 3. The summed E-state index contributed by atoms with van der Waals surface area (Å²) in [4.78, 5) is 25.2. The van der Waals surface area contributed by atoms with Crippen molar-refractivity contribution in [3.63, 3.8) is 0 Å². The number of nitrogens with one attached hydrogen (secondary N) is 2. The zero-order chi connectivity index (χ0) is 20.9. The first-order chi connectivity index (χ1) is 14.6.